The van der Waals surface area contributed by atoms with Crippen molar-refractivity contribution in [2.45, 2.75) is 6.42 Å². The summed E-state index contributed by atoms with van der Waals surface area (Å²) in [5.41, 5.74) is 2.54. The van der Waals surface area contributed by atoms with Crippen molar-refractivity contribution in [2.24, 2.45) is 0 Å². The van der Waals surface area contributed by atoms with Gasteiger partial charge in [0.05, 0.1) is 12.1 Å². The van der Waals surface area contributed by atoms with Gasteiger partial charge in [0.25, 0.3) is 0 Å². The van der Waals surface area contributed by atoms with E-state index in [0.29, 0.717) is 12.2 Å². The Morgan fingerprint density at radius 1 is 1.19 bits per heavy atom. The molecule has 0 aliphatic rings. The van der Waals surface area contributed by atoms with Gasteiger partial charge in [0.2, 0.25) is 5.91 Å². The maximum absolute atomic E-state index is 13.3. The van der Waals surface area contributed by atoms with Gasteiger partial charge in [-0.15, -0.1) is 11.3 Å². The third kappa shape index (κ3) is 4.89. The molecule has 0 bridgehead atoms. The molecule has 4 nitrogen and oxygen atoms in total. The van der Waals surface area contributed by atoms with Gasteiger partial charge < -0.3 is 10.2 Å². The SMILES string of the molecule is CN(CCNC(=O)Cc1csc(-c2cccc(F)c2)n1)c1ccccc1. The first-order valence-corrected chi connectivity index (χ1v) is 9.23. The van der Waals surface area contributed by atoms with E-state index in [-0.39, 0.29) is 18.1 Å². The fraction of sp³-hybridized carbons (Fsp3) is 0.200. The second kappa shape index (κ2) is 8.58. The van der Waals surface area contributed by atoms with Gasteiger partial charge in [-0.3, -0.25) is 4.79 Å². The number of hydrogen-bond donors (Lipinski definition) is 1. The number of nitrogens with zero attached hydrogens (tertiary/aromatic N) is 2. The molecule has 0 aliphatic carbocycles. The van der Waals surface area contributed by atoms with E-state index in [1.165, 1.54) is 23.5 Å². The van der Waals surface area contributed by atoms with Crippen LogP contribution in [0.15, 0.2) is 60.0 Å². The van der Waals surface area contributed by atoms with Crippen molar-refractivity contribution < 1.29 is 9.18 Å². The lowest BCUT2D eigenvalue weighted by Crippen LogP contribution is -2.33. The van der Waals surface area contributed by atoms with Crippen LogP contribution in [0.5, 0.6) is 0 Å². The van der Waals surface area contributed by atoms with Gasteiger partial charge in [0.1, 0.15) is 10.8 Å². The van der Waals surface area contributed by atoms with E-state index in [1.54, 1.807) is 6.07 Å². The molecule has 0 spiro atoms. The number of rotatable bonds is 7. The van der Waals surface area contributed by atoms with Gasteiger partial charge in [0.15, 0.2) is 0 Å². The number of anilines is 1. The van der Waals surface area contributed by atoms with E-state index >= 15 is 0 Å². The first kappa shape index (κ1) is 18.1. The largest absolute Gasteiger partial charge is 0.373 e. The molecule has 0 radical (unpaired) electrons. The van der Waals surface area contributed by atoms with E-state index in [0.717, 1.165) is 22.8 Å². The summed E-state index contributed by atoms with van der Waals surface area (Å²) in [5.74, 6) is -0.359. The smallest absolute Gasteiger partial charge is 0.226 e. The molecule has 6 heteroatoms. The van der Waals surface area contributed by atoms with Crippen molar-refractivity contribution >= 4 is 22.9 Å². The highest BCUT2D eigenvalue weighted by Crippen LogP contribution is 2.24. The van der Waals surface area contributed by atoms with Crippen molar-refractivity contribution in [3.63, 3.8) is 0 Å². The normalized spacial score (nSPS) is 10.5. The molecule has 1 amide bonds. The molecule has 2 aromatic carbocycles. The Morgan fingerprint density at radius 2 is 2.00 bits per heavy atom. The van der Waals surface area contributed by atoms with E-state index in [4.69, 9.17) is 0 Å². The van der Waals surface area contributed by atoms with Crippen LogP contribution in [0.2, 0.25) is 0 Å². The fourth-order valence-corrected chi connectivity index (χ4v) is 3.36. The molecule has 134 valence electrons. The number of para-hydroxylation sites is 1. The van der Waals surface area contributed by atoms with Gasteiger partial charge in [0, 0.05) is 36.8 Å². The number of carbonyl (C=O) groups is 1. The highest BCUT2D eigenvalue weighted by molar-refractivity contribution is 7.13. The number of carbonyl (C=O) groups excluding carboxylic acids is 1. The average molecular weight is 369 g/mol. The zero-order valence-electron chi connectivity index (χ0n) is 14.5. The summed E-state index contributed by atoms with van der Waals surface area (Å²) in [6, 6.07) is 16.3. The van der Waals surface area contributed by atoms with Crippen molar-refractivity contribution in [2.75, 3.05) is 25.0 Å². The lowest BCUT2D eigenvalue weighted by Gasteiger charge is -2.19. The molecule has 1 aromatic heterocycles. The van der Waals surface area contributed by atoms with Crippen molar-refractivity contribution in [1.82, 2.24) is 10.3 Å². The molecule has 26 heavy (non-hydrogen) atoms. The van der Waals surface area contributed by atoms with Crippen LogP contribution >= 0.6 is 11.3 Å². The van der Waals surface area contributed by atoms with Gasteiger partial charge in [-0.05, 0) is 24.3 Å². The molecular formula is C20H20FN3OS. The Balaban J connectivity index is 1.48. The van der Waals surface area contributed by atoms with Crippen molar-refractivity contribution in [3.8, 4) is 10.6 Å². The first-order valence-electron chi connectivity index (χ1n) is 8.35. The minimum Gasteiger partial charge on any atom is -0.373 e. The van der Waals surface area contributed by atoms with Crippen LogP contribution in [0.25, 0.3) is 10.6 Å². The van der Waals surface area contributed by atoms with Crippen LogP contribution in [0.1, 0.15) is 5.69 Å². The van der Waals surface area contributed by atoms with Gasteiger partial charge in [-0.1, -0.05) is 30.3 Å². The van der Waals surface area contributed by atoms with Crippen LogP contribution in [0.3, 0.4) is 0 Å². The monoisotopic (exact) mass is 369 g/mol. The lowest BCUT2D eigenvalue weighted by molar-refractivity contribution is -0.120. The van der Waals surface area contributed by atoms with Gasteiger partial charge in [-0.2, -0.15) is 0 Å². The molecular weight excluding hydrogens is 349 g/mol. The minimum atomic E-state index is -0.292. The lowest BCUT2D eigenvalue weighted by atomic mass is 10.2. The summed E-state index contributed by atoms with van der Waals surface area (Å²) >= 11 is 1.41. The summed E-state index contributed by atoms with van der Waals surface area (Å²) in [5, 5.41) is 5.48. The number of hydrogen-bond acceptors (Lipinski definition) is 4. The molecule has 1 N–H and O–H groups in total. The molecule has 0 saturated heterocycles. The average Bonchev–Trinajstić information content (AvgIpc) is 3.11. The topological polar surface area (TPSA) is 45.2 Å². The first-order chi connectivity index (χ1) is 12.6. The molecule has 3 rings (SSSR count). The Labute approximate surface area is 156 Å². The Morgan fingerprint density at radius 3 is 2.77 bits per heavy atom. The standard InChI is InChI=1S/C20H20FN3OS/c1-24(18-8-3-2-4-9-18)11-10-22-19(25)13-17-14-26-20(23-17)15-6-5-7-16(21)12-15/h2-9,12,14H,10-11,13H2,1H3,(H,22,25). The summed E-state index contributed by atoms with van der Waals surface area (Å²) in [6.07, 6.45) is 0.223. The van der Waals surface area contributed by atoms with E-state index in [2.05, 4.69) is 15.2 Å². The van der Waals surface area contributed by atoms with Gasteiger partial charge in [-0.25, -0.2) is 9.37 Å². The summed E-state index contributed by atoms with van der Waals surface area (Å²) < 4.78 is 13.3. The number of nitrogens with one attached hydrogen (secondary N) is 1. The number of halogens is 1. The van der Waals surface area contributed by atoms with Crippen LogP contribution in [-0.2, 0) is 11.2 Å². The summed E-state index contributed by atoms with van der Waals surface area (Å²) in [7, 11) is 1.99. The zero-order valence-corrected chi connectivity index (χ0v) is 15.3. The molecule has 1 heterocycles. The second-order valence-electron chi connectivity index (χ2n) is 5.94. The predicted octanol–water partition coefficient (Wildman–Crippen LogP) is 3.74. The maximum atomic E-state index is 13.3. The van der Waals surface area contributed by atoms with E-state index in [9.17, 15) is 9.18 Å². The third-order valence-electron chi connectivity index (χ3n) is 3.93. The Kier molecular flexibility index (Phi) is 5.96. The quantitative estimate of drug-likeness (QED) is 0.690. The third-order valence-corrected chi connectivity index (χ3v) is 4.87. The molecule has 3 aromatic rings. The number of amides is 1. The number of aromatic nitrogens is 1. The van der Waals surface area contributed by atoms with Crippen molar-refractivity contribution in [3.05, 3.63) is 71.5 Å². The molecule has 0 atom stereocenters. The van der Waals surface area contributed by atoms with Crippen LogP contribution in [0, 0.1) is 5.82 Å². The molecule has 0 aliphatic heterocycles. The Hall–Kier alpha value is -2.73. The van der Waals surface area contributed by atoms with E-state index < -0.39 is 0 Å². The number of benzene rings is 2. The van der Waals surface area contributed by atoms with Gasteiger partial charge >= 0.3 is 0 Å². The maximum Gasteiger partial charge on any atom is 0.226 e. The van der Waals surface area contributed by atoms with Crippen LogP contribution < -0.4 is 10.2 Å². The zero-order chi connectivity index (χ0) is 18.4. The Bertz CT molecular complexity index is 866. The predicted molar refractivity (Wildman–Crippen MR) is 104 cm³/mol. The highest BCUT2D eigenvalue weighted by Gasteiger charge is 2.10. The summed E-state index contributed by atoms with van der Waals surface area (Å²) in [6.45, 7) is 1.28. The fourth-order valence-electron chi connectivity index (χ4n) is 2.54. The highest BCUT2D eigenvalue weighted by atomic mass is 32.1. The molecule has 0 fully saturated rings. The molecule has 0 saturated carbocycles. The number of likely N-dealkylation sites (N-methyl/N-ethyl adjacent to an activating group) is 1. The number of thiazole rings is 1. The minimum absolute atomic E-state index is 0.0671. The van der Waals surface area contributed by atoms with Crippen LogP contribution in [0.4, 0.5) is 10.1 Å². The van der Waals surface area contributed by atoms with E-state index in [1.807, 2.05) is 48.8 Å². The molecule has 0 unspecified atom stereocenters. The summed E-state index contributed by atoms with van der Waals surface area (Å²) in [4.78, 5) is 18.6. The van der Waals surface area contributed by atoms with Crippen LogP contribution in [-0.4, -0.2) is 31.0 Å². The second-order valence-corrected chi connectivity index (χ2v) is 6.80. The van der Waals surface area contributed by atoms with Crippen molar-refractivity contribution in [1.29, 1.82) is 0 Å².